The van der Waals surface area contributed by atoms with Crippen molar-refractivity contribution in [1.29, 1.82) is 0 Å². The van der Waals surface area contributed by atoms with E-state index in [4.69, 9.17) is 10.8 Å². The van der Waals surface area contributed by atoms with Crippen molar-refractivity contribution in [3.8, 4) is 0 Å². The number of hydrogen-bond acceptors (Lipinski definition) is 4. The average Bonchev–Trinajstić information content (AvgIpc) is 2.47. The zero-order chi connectivity index (χ0) is 10.1. The van der Waals surface area contributed by atoms with E-state index in [1.807, 2.05) is 0 Å². The zero-order valence-corrected chi connectivity index (χ0v) is 7.21. The van der Waals surface area contributed by atoms with Gasteiger partial charge in [0.05, 0.1) is 30.2 Å². The van der Waals surface area contributed by atoms with Crippen molar-refractivity contribution in [1.82, 2.24) is 14.4 Å². The fraction of sp³-hybridized carbons (Fsp3) is 0.125. The van der Waals surface area contributed by atoms with Crippen LogP contribution in [0.2, 0.25) is 0 Å². The van der Waals surface area contributed by atoms with Gasteiger partial charge in [-0.25, -0.2) is 9.97 Å². The summed E-state index contributed by atoms with van der Waals surface area (Å²) in [6.45, 7) is 0. The first-order valence-electron chi connectivity index (χ1n) is 3.96. The minimum absolute atomic E-state index is 0.0910. The molecule has 2 rings (SSSR count). The summed E-state index contributed by atoms with van der Waals surface area (Å²) < 4.78 is 1.57. The molecule has 2 aromatic heterocycles. The molecular formula is C8H8N4O2. The van der Waals surface area contributed by atoms with Gasteiger partial charge in [0.2, 0.25) is 5.78 Å². The molecule has 0 aromatic carbocycles. The molecule has 6 nitrogen and oxygen atoms in total. The van der Waals surface area contributed by atoms with Gasteiger partial charge in [0.25, 0.3) is 0 Å². The molecule has 0 spiro atoms. The second-order valence-corrected chi connectivity index (χ2v) is 2.88. The van der Waals surface area contributed by atoms with Gasteiger partial charge in [0, 0.05) is 6.20 Å². The van der Waals surface area contributed by atoms with Crippen molar-refractivity contribution in [3.05, 3.63) is 24.3 Å². The first kappa shape index (κ1) is 8.49. The Bertz CT molecular complexity index is 491. The molecule has 0 bridgehead atoms. The molecule has 0 fully saturated rings. The van der Waals surface area contributed by atoms with Gasteiger partial charge in [-0.1, -0.05) is 0 Å². The lowest BCUT2D eigenvalue weighted by Crippen LogP contribution is -2.04. The fourth-order valence-electron chi connectivity index (χ4n) is 1.22. The van der Waals surface area contributed by atoms with Gasteiger partial charge in [-0.05, 0) is 0 Å². The summed E-state index contributed by atoms with van der Waals surface area (Å²) in [5.41, 5.74) is 6.56. The van der Waals surface area contributed by atoms with Crippen LogP contribution in [0.4, 0.5) is 5.69 Å². The predicted molar refractivity (Wildman–Crippen MR) is 48.7 cm³/mol. The van der Waals surface area contributed by atoms with Crippen molar-refractivity contribution in [2.75, 3.05) is 5.73 Å². The number of nitrogens with two attached hydrogens (primary N) is 1. The third kappa shape index (κ3) is 1.37. The van der Waals surface area contributed by atoms with Gasteiger partial charge in [-0.3, -0.25) is 9.20 Å². The number of aromatic nitrogens is 3. The largest absolute Gasteiger partial charge is 0.481 e. The summed E-state index contributed by atoms with van der Waals surface area (Å²) in [5, 5.41) is 8.62. The molecule has 72 valence electrons. The predicted octanol–water partition coefficient (Wildman–Crippen LogP) is -0.0614. The number of carboxylic acids is 1. The number of fused-ring (bicyclic) bond motifs is 1. The number of aliphatic carboxylic acids is 1. The van der Waals surface area contributed by atoms with E-state index in [1.54, 1.807) is 10.6 Å². The molecule has 0 atom stereocenters. The SMILES string of the molecule is Nc1cnc2ncc(CC(=O)O)n2c1. The van der Waals surface area contributed by atoms with Crippen molar-refractivity contribution < 1.29 is 9.90 Å². The van der Waals surface area contributed by atoms with Crippen LogP contribution < -0.4 is 5.73 Å². The van der Waals surface area contributed by atoms with Crippen LogP contribution in [0, 0.1) is 0 Å². The van der Waals surface area contributed by atoms with Gasteiger partial charge in [0.15, 0.2) is 0 Å². The van der Waals surface area contributed by atoms with Crippen molar-refractivity contribution in [3.63, 3.8) is 0 Å². The second-order valence-electron chi connectivity index (χ2n) is 2.88. The summed E-state index contributed by atoms with van der Waals surface area (Å²) in [6.07, 6.45) is 4.47. The smallest absolute Gasteiger partial charge is 0.309 e. The topological polar surface area (TPSA) is 93.5 Å². The Labute approximate surface area is 79.0 Å². The molecule has 0 saturated heterocycles. The third-order valence-electron chi connectivity index (χ3n) is 1.79. The van der Waals surface area contributed by atoms with Crippen LogP contribution in [0.15, 0.2) is 18.6 Å². The van der Waals surface area contributed by atoms with E-state index in [9.17, 15) is 4.79 Å². The molecule has 14 heavy (non-hydrogen) atoms. The minimum atomic E-state index is -0.908. The Hall–Kier alpha value is -2.11. The lowest BCUT2D eigenvalue weighted by Gasteiger charge is -1.98. The molecule has 6 heteroatoms. The number of carboxylic acid groups (broad SMARTS) is 1. The summed E-state index contributed by atoms with van der Waals surface area (Å²) in [5.74, 6) is -0.454. The molecule has 0 aliphatic heterocycles. The summed E-state index contributed by atoms with van der Waals surface area (Å²) in [6, 6.07) is 0. The number of carbonyl (C=O) groups is 1. The maximum absolute atomic E-state index is 10.5. The van der Waals surface area contributed by atoms with Crippen LogP contribution in [0.5, 0.6) is 0 Å². The van der Waals surface area contributed by atoms with E-state index in [0.29, 0.717) is 17.2 Å². The number of rotatable bonds is 2. The van der Waals surface area contributed by atoms with E-state index in [-0.39, 0.29) is 6.42 Å². The molecule has 0 unspecified atom stereocenters. The maximum Gasteiger partial charge on any atom is 0.309 e. The molecule has 0 saturated carbocycles. The molecule has 0 amide bonds. The summed E-state index contributed by atoms with van der Waals surface area (Å²) in [7, 11) is 0. The lowest BCUT2D eigenvalue weighted by molar-refractivity contribution is -0.136. The molecule has 2 heterocycles. The van der Waals surface area contributed by atoms with E-state index in [2.05, 4.69) is 9.97 Å². The molecule has 0 aliphatic carbocycles. The van der Waals surface area contributed by atoms with Gasteiger partial charge < -0.3 is 10.8 Å². The van der Waals surface area contributed by atoms with Gasteiger partial charge >= 0.3 is 5.97 Å². The number of hydrogen-bond donors (Lipinski definition) is 2. The number of nitrogen functional groups attached to an aromatic ring is 1. The highest BCUT2D eigenvalue weighted by molar-refractivity contribution is 5.69. The number of nitrogens with zero attached hydrogens (tertiary/aromatic N) is 3. The van der Waals surface area contributed by atoms with Crippen LogP contribution >= 0.6 is 0 Å². The van der Waals surface area contributed by atoms with Gasteiger partial charge in [-0.15, -0.1) is 0 Å². The maximum atomic E-state index is 10.5. The van der Waals surface area contributed by atoms with E-state index >= 15 is 0 Å². The third-order valence-corrected chi connectivity index (χ3v) is 1.79. The van der Waals surface area contributed by atoms with E-state index in [1.165, 1.54) is 12.4 Å². The van der Waals surface area contributed by atoms with Crippen LogP contribution in [-0.2, 0) is 11.2 Å². The summed E-state index contributed by atoms with van der Waals surface area (Å²) in [4.78, 5) is 18.4. The zero-order valence-electron chi connectivity index (χ0n) is 7.21. The van der Waals surface area contributed by atoms with Crippen molar-refractivity contribution in [2.45, 2.75) is 6.42 Å². The highest BCUT2D eigenvalue weighted by atomic mass is 16.4. The second kappa shape index (κ2) is 2.99. The van der Waals surface area contributed by atoms with Crippen molar-refractivity contribution in [2.24, 2.45) is 0 Å². The average molecular weight is 192 g/mol. The van der Waals surface area contributed by atoms with Crippen LogP contribution in [0.3, 0.4) is 0 Å². The molecule has 0 aliphatic rings. The van der Waals surface area contributed by atoms with Crippen LogP contribution in [0.25, 0.3) is 5.78 Å². The van der Waals surface area contributed by atoms with E-state index < -0.39 is 5.97 Å². The molecular weight excluding hydrogens is 184 g/mol. The van der Waals surface area contributed by atoms with Gasteiger partial charge in [-0.2, -0.15) is 0 Å². The van der Waals surface area contributed by atoms with Crippen LogP contribution in [-0.4, -0.2) is 25.4 Å². The highest BCUT2D eigenvalue weighted by Gasteiger charge is 2.07. The normalized spacial score (nSPS) is 10.6. The quantitative estimate of drug-likeness (QED) is 0.695. The monoisotopic (exact) mass is 192 g/mol. The lowest BCUT2D eigenvalue weighted by atomic mass is 10.3. The summed E-state index contributed by atoms with van der Waals surface area (Å²) >= 11 is 0. The van der Waals surface area contributed by atoms with Gasteiger partial charge in [0.1, 0.15) is 0 Å². The number of anilines is 1. The standard InChI is InChI=1S/C8H8N4O2/c9-5-2-10-8-11-3-6(1-7(13)14)12(8)4-5/h2-4H,1,9H2,(H,13,14). The Balaban J connectivity index is 2.55. The Morgan fingerprint density at radius 3 is 2.93 bits per heavy atom. The first-order chi connectivity index (χ1) is 6.66. The van der Waals surface area contributed by atoms with Crippen molar-refractivity contribution >= 4 is 17.4 Å². The molecule has 0 radical (unpaired) electrons. The Kier molecular flexibility index (Phi) is 1.81. The van der Waals surface area contributed by atoms with E-state index in [0.717, 1.165) is 0 Å². The minimum Gasteiger partial charge on any atom is -0.481 e. The Morgan fingerprint density at radius 2 is 2.21 bits per heavy atom. The highest BCUT2D eigenvalue weighted by Crippen LogP contribution is 2.07. The Morgan fingerprint density at radius 1 is 1.50 bits per heavy atom. The molecule has 2 aromatic rings. The molecule has 3 N–H and O–H groups in total. The number of imidazole rings is 1. The fourth-order valence-corrected chi connectivity index (χ4v) is 1.22. The van der Waals surface area contributed by atoms with Crippen LogP contribution in [0.1, 0.15) is 5.69 Å². The first-order valence-corrected chi connectivity index (χ1v) is 3.96.